The maximum atomic E-state index is 13.5. The molecule has 0 saturated carbocycles. The number of hydrogen-bond donors (Lipinski definition) is 0. The van der Waals surface area contributed by atoms with Crippen LogP contribution in [-0.2, 0) is 19.7 Å². The summed E-state index contributed by atoms with van der Waals surface area (Å²) in [4.78, 5) is 16.8. The molecule has 1 heterocycles. The maximum Gasteiger partial charge on any atom is 0.318 e. The van der Waals surface area contributed by atoms with E-state index in [0.717, 1.165) is 12.8 Å². The van der Waals surface area contributed by atoms with Crippen LogP contribution in [0, 0.1) is 5.82 Å². The molecule has 0 radical (unpaired) electrons. The number of aromatic nitrogens is 1. The Kier molecular flexibility index (Phi) is 7.59. The van der Waals surface area contributed by atoms with E-state index in [1.807, 2.05) is 0 Å². The summed E-state index contributed by atoms with van der Waals surface area (Å²) in [6.45, 7) is 4.48. The van der Waals surface area contributed by atoms with Crippen molar-refractivity contribution in [1.82, 2.24) is 4.98 Å². The third-order valence-electron chi connectivity index (χ3n) is 4.32. The number of nitrogens with zero attached hydrogens (tertiary/aromatic N) is 1. The van der Waals surface area contributed by atoms with Gasteiger partial charge in [0.2, 0.25) is 0 Å². The summed E-state index contributed by atoms with van der Waals surface area (Å²) in [5, 5.41) is 0.182. The molecule has 0 amide bonds. The van der Waals surface area contributed by atoms with E-state index in [4.69, 9.17) is 32.7 Å². The highest BCUT2D eigenvalue weighted by Crippen LogP contribution is 2.32. The van der Waals surface area contributed by atoms with Crippen LogP contribution in [0.1, 0.15) is 32.3 Å². The van der Waals surface area contributed by atoms with E-state index in [1.165, 1.54) is 19.2 Å². The minimum Gasteiger partial charge on any atom is -0.468 e. The van der Waals surface area contributed by atoms with Gasteiger partial charge in [0, 0.05) is 12.2 Å². The summed E-state index contributed by atoms with van der Waals surface area (Å²) in [5.41, 5.74) is 0.599. The van der Waals surface area contributed by atoms with Gasteiger partial charge in [-0.1, -0.05) is 36.5 Å². The minimum absolute atomic E-state index is 0.0190. The van der Waals surface area contributed by atoms with Crippen molar-refractivity contribution in [1.29, 1.82) is 0 Å². The molecule has 0 aliphatic carbocycles. The Balaban J connectivity index is 2.45. The second-order valence-electron chi connectivity index (χ2n) is 6.42. The highest BCUT2D eigenvalue weighted by molar-refractivity contribution is 6.31. The number of carbonyl (C=O) groups is 1. The van der Waals surface area contributed by atoms with E-state index in [0.29, 0.717) is 23.4 Å². The van der Waals surface area contributed by atoms with E-state index in [-0.39, 0.29) is 16.8 Å². The fourth-order valence-electron chi connectivity index (χ4n) is 2.63. The zero-order valence-electron chi connectivity index (χ0n) is 15.5. The van der Waals surface area contributed by atoms with Gasteiger partial charge in [-0.05, 0) is 49.2 Å². The van der Waals surface area contributed by atoms with Crippen LogP contribution in [0.2, 0.25) is 10.2 Å². The molecule has 0 fully saturated rings. The van der Waals surface area contributed by atoms with Crippen molar-refractivity contribution >= 4 is 29.2 Å². The van der Waals surface area contributed by atoms with Crippen LogP contribution in [0.4, 0.5) is 4.39 Å². The fourth-order valence-corrected chi connectivity index (χ4v) is 3.02. The van der Waals surface area contributed by atoms with Crippen molar-refractivity contribution in [2.24, 2.45) is 0 Å². The third kappa shape index (κ3) is 5.18. The first-order valence-corrected chi connectivity index (χ1v) is 9.37. The minimum atomic E-state index is -1.06. The molecule has 0 saturated heterocycles. The molecule has 7 heteroatoms. The molecular formula is C20H22Cl2FNO3. The molecular weight excluding hydrogens is 392 g/mol. The first-order valence-electron chi connectivity index (χ1n) is 8.61. The lowest BCUT2D eigenvalue weighted by Gasteiger charge is -2.27. The van der Waals surface area contributed by atoms with Crippen molar-refractivity contribution in [3.05, 3.63) is 51.9 Å². The van der Waals surface area contributed by atoms with Gasteiger partial charge in [-0.25, -0.2) is 9.37 Å². The van der Waals surface area contributed by atoms with Crippen LogP contribution in [0.5, 0.6) is 0 Å². The molecule has 4 nitrogen and oxygen atoms in total. The van der Waals surface area contributed by atoms with Gasteiger partial charge in [-0.2, -0.15) is 0 Å². The van der Waals surface area contributed by atoms with Gasteiger partial charge in [0.15, 0.2) is 0 Å². The van der Waals surface area contributed by atoms with E-state index < -0.39 is 17.2 Å². The van der Waals surface area contributed by atoms with Crippen LogP contribution in [0.15, 0.2) is 30.3 Å². The van der Waals surface area contributed by atoms with Gasteiger partial charge in [0.1, 0.15) is 16.4 Å². The summed E-state index contributed by atoms with van der Waals surface area (Å²) >= 11 is 12.1. The summed E-state index contributed by atoms with van der Waals surface area (Å²) in [6.07, 6.45) is 1.89. The third-order valence-corrected chi connectivity index (χ3v) is 4.80. The Hall–Kier alpha value is -1.69. The number of carbonyl (C=O) groups excluding carboxylic acids is 1. The largest absolute Gasteiger partial charge is 0.468 e. The first-order chi connectivity index (χ1) is 12.8. The molecule has 0 aliphatic rings. The number of benzene rings is 1. The number of methoxy groups -OCH3 is 1. The summed E-state index contributed by atoms with van der Waals surface area (Å²) in [6, 6.07) is 7.60. The molecule has 1 unspecified atom stereocenters. The highest BCUT2D eigenvalue weighted by atomic mass is 35.5. The zero-order valence-corrected chi connectivity index (χ0v) is 17.0. The molecule has 1 atom stereocenters. The number of pyridine rings is 1. The SMILES string of the molecule is CCCCOCC(C)(C(=O)OC)c1cc(Cl)nc(-c2ccc(F)c(Cl)c2)c1. The van der Waals surface area contributed by atoms with E-state index in [2.05, 4.69) is 11.9 Å². The Morgan fingerprint density at radius 1 is 1.26 bits per heavy atom. The first kappa shape index (κ1) is 21.6. The summed E-state index contributed by atoms with van der Waals surface area (Å²) in [5.74, 6) is -0.962. The Morgan fingerprint density at radius 3 is 2.63 bits per heavy atom. The molecule has 2 rings (SSSR count). The van der Waals surface area contributed by atoms with Gasteiger partial charge < -0.3 is 9.47 Å². The number of unbranched alkanes of at least 4 members (excludes halogenated alkanes) is 1. The average molecular weight is 414 g/mol. The van der Waals surface area contributed by atoms with Crippen LogP contribution in [-0.4, -0.2) is 31.3 Å². The quantitative estimate of drug-likeness (QED) is 0.328. The smallest absolute Gasteiger partial charge is 0.318 e. The average Bonchev–Trinajstić information content (AvgIpc) is 2.66. The van der Waals surface area contributed by atoms with Gasteiger partial charge >= 0.3 is 5.97 Å². The molecule has 0 spiro atoms. The normalized spacial score (nSPS) is 13.3. The fraction of sp³-hybridized carbons (Fsp3) is 0.400. The van der Waals surface area contributed by atoms with Crippen LogP contribution >= 0.6 is 23.2 Å². The molecule has 0 bridgehead atoms. The van der Waals surface area contributed by atoms with Crippen molar-refractivity contribution < 1.29 is 18.7 Å². The van der Waals surface area contributed by atoms with Crippen molar-refractivity contribution in [3.8, 4) is 11.3 Å². The second-order valence-corrected chi connectivity index (χ2v) is 7.22. The lowest BCUT2D eigenvalue weighted by molar-refractivity contribution is -0.149. The second kappa shape index (κ2) is 9.49. The number of esters is 1. The Morgan fingerprint density at radius 2 is 2.00 bits per heavy atom. The standard InChI is InChI=1S/C20H22Cl2FNO3/c1-4-5-8-27-12-20(2,19(25)26-3)14-10-17(24-18(22)11-14)13-6-7-16(23)15(21)9-13/h6-7,9-11H,4-5,8,12H2,1-3H3. The Bertz CT molecular complexity index is 816. The van der Waals surface area contributed by atoms with Crippen molar-refractivity contribution in [2.45, 2.75) is 32.1 Å². The maximum absolute atomic E-state index is 13.5. The van der Waals surface area contributed by atoms with Crippen LogP contribution < -0.4 is 0 Å². The van der Waals surface area contributed by atoms with Gasteiger partial charge in [-0.15, -0.1) is 0 Å². The lowest BCUT2D eigenvalue weighted by Crippen LogP contribution is -2.38. The van der Waals surface area contributed by atoms with Gasteiger partial charge in [0.05, 0.1) is 24.4 Å². The molecule has 0 aliphatic heterocycles. The molecule has 2 aromatic rings. The molecule has 1 aromatic heterocycles. The summed E-state index contributed by atoms with van der Waals surface area (Å²) in [7, 11) is 1.33. The molecule has 27 heavy (non-hydrogen) atoms. The van der Waals surface area contributed by atoms with Crippen LogP contribution in [0.3, 0.4) is 0 Å². The van der Waals surface area contributed by atoms with E-state index in [1.54, 1.807) is 25.1 Å². The van der Waals surface area contributed by atoms with Crippen molar-refractivity contribution in [3.63, 3.8) is 0 Å². The topological polar surface area (TPSA) is 48.4 Å². The number of halogens is 3. The number of ether oxygens (including phenoxy) is 2. The van der Waals surface area contributed by atoms with Crippen LogP contribution in [0.25, 0.3) is 11.3 Å². The number of hydrogen-bond acceptors (Lipinski definition) is 4. The van der Waals surface area contributed by atoms with E-state index >= 15 is 0 Å². The molecule has 1 aromatic carbocycles. The predicted octanol–water partition coefficient (Wildman–Crippen LogP) is 5.44. The van der Waals surface area contributed by atoms with Gasteiger partial charge in [0.25, 0.3) is 0 Å². The van der Waals surface area contributed by atoms with Gasteiger partial charge in [-0.3, -0.25) is 4.79 Å². The predicted molar refractivity (Wildman–Crippen MR) is 105 cm³/mol. The monoisotopic (exact) mass is 413 g/mol. The molecule has 146 valence electrons. The van der Waals surface area contributed by atoms with E-state index in [9.17, 15) is 9.18 Å². The van der Waals surface area contributed by atoms with Crippen molar-refractivity contribution in [2.75, 3.05) is 20.3 Å². The number of rotatable bonds is 8. The zero-order chi connectivity index (χ0) is 20.0. The Labute approximate surface area is 168 Å². The summed E-state index contributed by atoms with van der Waals surface area (Å²) < 4.78 is 24.2. The lowest BCUT2D eigenvalue weighted by atomic mass is 9.83. The molecule has 0 N–H and O–H groups in total. The highest BCUT2D eigenvalue weighted by Gasteiger charge is 2.37.